The standard InChI is InChI=1S/C44H27NOS/c1-2-14-31(15-3-1)45(39-22-11-21-37-34-17-8-9-23-41(34)47-44(37)39)40-27-38-36-20-10-19-32(30-25-24-28-12-4-5-13-29(28)26-30)42(36)46-43(38)35-18-7-6-16-33(35)40/h1-27H. The normalized spacial score (nSPS) is 11.8. The molecule has 2 nitrogen and oxygen atoms in total. The summed E-state index contributed by atoms with van der Waals surface area (Å²) < 4.78 is 9.48. The van der Waals surface area contributed by atoms with Crippen LogP contribution in [0, 0.1) is 0 Å². The topological polar surface area (TPSA) is 16.4 Å². The number of furan rings is 1. The van der Waals surface area contributed by atoms with Crippen molar-refractivity contribution >= 4 is 92.1 Å². The zero-order valence-corrected chi connectivity index (χ0v) is 26.2. The maximum absolute atomic E-state index is 6.90. The average molecular weight is 618 g/mol. The number of hydrogen-bond donors (Lipinski definition) is 0. The van der Waals surface area contributed by atoms with Crippen molar-refractivity contribution in [3.63, 3.8) is 0 Å². The zero-order chi connectivity index (χ0) is 30.9. The number of rotatable bonds is 4. The highest BCUT2D eigenvalue weighted by atomic mass is 32.1. The van der Waals surface area contributed by atoms with Crippen LogP contribution in [0.25, 0.3) is 74.8 Å². The van der Waals surface area contributed by atoms with Crippen LogP contribution in [0.4, 0.5) is 17.1 Å². The molecular weight excluding hydrogens is 591 g/mol. The first-order valence-electron chi connectivity index (χ1n) is 15.9. The summed E-state index contributed by atoms with van der Waals surface area (Å²) in [6, 6.07) is 58.9. The van der Waals surface area contributed by atoms with Crippen LogP contribution in [0.1, 0.15) is 0 Å². The quantitative estimate of drug-likeness (QED) is 0.195. The van der Waals surface area contributed by atoms with Gasteiger partial charge >= 0.3 is 0 Å². The van der Waals surface area contributed by atoms with Crippen molar-refractivity contribution in [2.24, 2.45) is 0 Å². The molecule has 0 N–H and O–H groups in total. The highest BCUT2D eigenvalue weighted by molar-refractivity contribution is 7.26. The van der Waals surface area contributed by atoms with E-state index < -0.39 is 0 Å². The second-order valence-electron chi connectivity index (χ2n) is 12.1. The van der Waals surface area contributed by atoms with Crippen LogP contribution < -0.4 is 4.90 Å². The predicted octanol–water partition coefficient (Wildman–Crippen LogP) is 13.4. The molecule has 3 heteroatoms. The molecule has 0 atom stereocenters. The average Bonchev–Trinajstić information content (AvgIpc) is 3.71. The van der Waals surface area contributed by atoms with Gasteiger partial charge in [0.1, 0.15) is 11.2 Å². The Balaban J connectivity index is 1.28. The molecule has 0 fully saturated rings. The molecule has 8 aromatic carbocycles. The largest absolute Gasteiger partial charge is 0.455 e. The maximum Gasteiger partial charge on any atom is 0.143 e. The van der Waals surface area contributed by atoms with Crippen molar-refractivity contribution in [3.05, 3.63) is 164 Å². The minimum atomic E-state index is 0.915. The van der Waals surface area contributed by atoms with Crippen LogP contribution >= 0.6 is 11.3 Å². The van der Waals surface area contributed by atoms with Crippen molar-refractivity contribution in [1.29, 1.82) is 0 Å². The molecule has 0 aliphatic carbocycles. The summed E-state index contributed by atoms with van der Waals surface area (Å²) in [5, 5.41) is 9.51. The fraction of sp³-hybridized carbons (Fsp3) is 0. The number of thiophene rings is 1. The van der Waals surface area contributed by atoms with E-state index in [-0.39, 0.29) is 0 Å². The second kappa shape index (κ2) is 10.3. The molecule has 0 spiro atoms. The Morgan fingerprint density at radius 2 is 1.11 bits per heavy atom. The van der Waals surface area contributed by atoms with Gasteiger partial charge in [0.2, 0.25) is 0 Å². The first-order valence-corrected chi connectivity index (χ1v) is 16.7. The van der Waals surface area contributed by atoms with Gasteiger partial charge in [-0.1, -0.05) is 127 Å². The van der Waals surface area contributed by atoms with Gasteiger partial charge in [0.15, 0.2) is 0 Å². The molecular formula is C44H27NOS. The van der Waals surface area contributed by atoms with Crippen LogP contribution in [0.2, 0.25) is 0 Å². The molecule has 0 aliphatic heterocycles. The second-order valence-corrected chi connectivity index (χ2v) is 13.1. The Bertz CT molecular complexity index is 2810. The van der Waals surface area contributed by atoms with Gasteiger partial charge in [-0.3, -0.25) is 0 Å². The number of nitrogens with zero attached hydrogens (tertiary/aromatic N) is 1. The van der Waals surface area contributed by atoms with Gasteiger partial charge in [-0.2, -0.15) is 0 Å². The van der Waals surface area contributed by atoms with Gasteiger partial charge in [-0.25, -0.2) is 0 Å². The Morgan fingerprint density at radius 3 is 2.00 bits per heavy atom. The van der Waals surface area contributed by atoms with Crippen molar-refractivity contribution in [2.45, 2.75) is 0 Å². The summed E-state index contributed by atoms with van der Waals surface area (Å²) in [5.41, 5.74) is 7.50. The Kier molecular flexibility index (Phi) is 5.78. The van der Waals surface area contributed by atoms with Gasteiger partial charge in [0.25, 0.3) is 0 Å². The number of benzene rings is 8. The molecule has 0 unspecified atom stereocenters. The third kappa shape index (κ3) is 4.04. The van der Waals surface area contributed by atoms with E-state index >= 15 is 0 Å². The van der Waals surface area contributed by atoms with Gasteiger partial charge < -0.3 is 9.32 Å². The van der Waals surface area contributed by atoms with Gasteiger partial charge in [-0.05, 0) is 52.7 Å². The third-order valence-electron chi connectivity index (χ3n) is 9.42. The molecule has 0 bridgehead atoms. The Morgan fingerprint density at radius 1 is 0.426 bits per heavy atom. The molecule has 0 saturated heterocycles. The van der Waals surface area contributed by atoms with E-state index in [2.05, 4.69) is 169 Å². The van der Waals surface area contributed by atoms with E-state index in [9.17, 15) is 0 Å². The molecule has 220 valence electrons. The molecule has 0 amide bonds. The molecule has 0 aliphatic rings. The van der Waals surface area contributed by atoms with Crippen molar-refractivity contribution in [2.75, 3.05) is 4.90 Å². The van der Waals surface area contributed by atoms with E-state index in [0.717, 1.165) is 55.2 Å². The molecule has 0 radical (unpaired) electrons. The van der Waals surface area contributed by atoms with Gasteiger partial charge in [0, 0.05) is 48.3 Å². The minimum Gasteiger partial charge on any atom is -0.455 e. The third-order valence-corrected chi connectivity index (χ3v) is 10.6. The lowest BCUT2D eigenvalue weighted by molar-refractivity contribution is 0.674. The van der Waals surface area contributed by atoms with Crippen LogP contribution in [0.15, 0.2) is 168 Å². The fourth-order valence-electron chi connectivity index (χ4n) is 7.26. The summed E-state index contributed by atoms with van der Waals surface area (Å²) >= 11 is 1.86. The number of para-hydroxylation sites is 2. The molecule has 10 rings (SSSR count). The SMILES string of the molecule is c1ccc(N(c2cc3c4cccc(-c5ccc6ccccc6c5)c4oc3c3ccccc23)c2cccc3c2sc2ccccc23)cc1. The lowest BCUT2D eigenvalue weighted by atomic mass is 9.98. The monoisotopic (exact) mass is 617 g/mol. The van der Waals surface area contributed by atoms with Crippen LogP contribution in [-0.2, 0) is 0 Å². The highest BCUT2D eigenvalue weighted by Gasteiger charge is 2.23. The molecule has 0 saturated carbocycles. The predicted molar refractivity (Wildman–Crippen MR) is 202 cm³/mol. The molecule has 2 heterocycles. The summed E-state index contributed by atoms with van der Waals surface area (Å²) in [6.07, 6.45) is 0. The van der Waals surface area contributed by atoms with Crippen molar-refractivity contribution in [1.82, 2.24) is 0 Å². The van der Waals surface area contributed by atoms with Crippen LogP contribution in [-0.4, -0.2) is 0 Å². The minimum absolute atomic E-state index is 0.915. The molecule has 10 aromatic rings. The molecule has 47 heavy (non-hydrogen) atoms. The summed E-state index contributed by atoms with van der Waals surface area (Å²) in [7, 11) is 0. The summed E-state index contributed by atoms with van der Waals surface area (Å²) in [4.78, 5) is 2.44. The van der Waals surface area contributed by atoms with E-state index in [1.165, 1.54) is 36.6 Å². The van der Waals surface area contributed by atoms with Crippen molar-refractivity contribution < 1.29 is 4.42 Å². The smallest absolute Gasteiger partial charge is 0.143 e. The number of anilines is 3. The van der Waals surface area contributed by atoms with E-state index in [4.69, 9.17) is 4.42 Å². The van der Waals surface area contributed by atoms with Crippen LogP contribution in [0.5, 0.6) is 0 Å². The Hall–Kier alpha value is -5.90. The van der Waals surface area contributed by atoms with Gasteiger partial charge in [-0.15, -0.1) is 11.3 Å². The first kappa shape index (κ1) is 26.3. The van der Waals surface area contributed by atoms with Crippen LogP contribution in [0.3, 0.4) is 0 Å². The Labute approximate surface area is 275 Å². The van der Waals surface area contributed by atoms with Crippen molar-refractivity contribution in [3.8, 4) is 11.1 Å². The number of hydrogen-bond acceptors (Lipinski definition) is 3. The highest BCUT2D eigenvalue weighted by Crippen LogP contribution is 2.49. The van der Waals surface area contributed by atoms with Gasteiger partial charge in [0.05, 0.1) is 16.1 Å². The lowest BCUT2D eigenvalue weighted by Crippen LogP contribution is -2.10. The summed E-state index contributed by atoms with van der Waals surface area (Å²) in [5.74, 6) is 0. The fourth-order valence-corrected chi connectivity index (χ4v) is 8.47. The molecule has 2 aromatic heterocycles. The summed E-state index contributed by atoms with van der Waals surface area (Å²) in [6.45, 7) is 0. The van der Waals surface area contributed by atoms with E-state index in [0.29, 0.717) is 0 Å². The van der Waals surface area contributed by atoms with E-state index in [1.54, 1.807) is 0 Å². The van der Waals surface area contributed by atoms with E-state index in [1.807, 2.05) is 11.3 Å². The maximum atomic E-state index is 6.90. The first-order chi connectivity index (χ1) is 23.3. The zero-order valence-electron chi connectivity index (χ0n) is 25.4. The lowest BCUT2D eigenvalue weighted by Gasteiger charge is -2.27. The number of fused-ring (bicyclic) bond motifs is 9.